The molecule has 0 unspecified atom stereocenters. The predicted molar refractivity (Wildman–Crippen MR) is 132 cm³/mol. The fourth-order valence-electron chi connectivity index (χ4n) is 4.13. The van der Waals surface area contributed by atoms with E-state index in [1.165, 1.54) is 16.0 Å². The molecule has 0 radical (unpaired) electrons. The van der Waals surface area contributed by atoms with Crippen LogP contribution in [0.3, 0.4) is 0 Å². The second-order valence-corrected chi connectivity index (χ2v) is 8.51. The van der Waals surface area contributed by atoms with Crippen molar-refractivity contribution in [1.82, 2.24) is 9.88 Å². The zero-order valence-corrected chi connectivity index (χ0v) is 19.6. The molecular formula is C26H25N3O2S. The van der Waals surface area contributed by atoms with Crippen molar-refractivity contribution in [3.8, 4) is 5.69 Å². The molecule has 2 heterocycles. The van der Waals surface area contributed by atoms with Gasteiger partial charge in [0.1, 0.15) is 5.57 Å². The van der Waals surface area contributed by atoms with Crippen LogP contribution in [0.5, 0.6) is 0 Å². The molecule has 1 N–H and O–H groups in total. The molecule has 1 aliphatic heterocycles. The molecule has 1 aliphatic rings. The van der Waals surface area contributed by atoms with Crippen molar-refractivity contribution in [3.63, 3.8) is 0 Å². The summed E-state index contributed by atoms with van der Waals surface area (Å²) in [4.78, 5) is 27.5. The normalized spacial score (nSPS) is 15.5. The minimum Gasteiger partial charge on any atom is -0.318 e. The van der Waals surface area contributed by atoms with E-state index in [0.29, 0.717) is 5.69 Å². The van der Waals surface area contributed by atoms with Crippen molar-refractivity contribution in [3.05, 3.63) is 87.7 Å². The number of anilines is 1. The summed E-state index contributed by atoms with van der Waals surface area (Å²) in [5, 5.41) is 2.76. The molecule has 1 aromatic heterocycles. The summed E-state index contributed by atoms with van der Waals surface area (Å²) in [5.41, 5.74) is 7.91. The minimum absolute atomic E-state index is 0.0584. The summed E-state index contributed by atoms with van der Waals surface area (Å²) in [5.74, 6) is -0.911. The highest BCUT2D eigenvalue weighted by atomic mass is 32.1. The maximum absolute atomic E-state index is 13.4. The average Bonchev–Trinajstić information content (AvgIpc) is 3.01. The first-order valence-electron chi connectivity index (χ1n) is 10.4. The van der Waals surface area contributed by atoms with Crippen LogP contribution in [-0.2, 0) is 9.59 Å². The largest absolute Gasteiger partial charge is 0.318 e. The van der Waals surface area contributed by atoms with E-state index in [4.69, 9.17) is 12.2 Å². The molecule has 0 spiro atoms. The standard InChI is InChI=1S/C26H25N3O2S/c1-15-10-8-12-23(18(15)4)28-17(3)13-20(19(28)5)14-21-24(30)27-26(32)29(25(21)31)22-11-7-6-9-16(22)2/h6-14H,1-5H3,(H,27,30,32)/b21-14+. The number of thiocarbonyl (C=S) groups is 1. The fraction of sp³-hybridized carbons (Fsp3) is 0.192. The van der Waals surface area contributed by atoms with Crippen LogP contribution in [0.25, 0.3) is 11.8 Å². The van der Waals surface area contributed by atoms with Gasteiger partial charge in [-0.05, 0) is 93.4 Å². The number of para-hydroxylation sites is 1. The van der Waals surface area contributed by atoms with E-state index in [-0.39, 0.29) is 10.7 Å². The molecule has 1 saturated heterocycles. The van der Waals surface area contributed by atoms with Crippen molar-refractivity contribution in [1.29, 1.82) is 0 Å². The first kappa shape index (κ1) is 21.7. The summed E-state index contributed by atoms with van der Waals surface area (Å²) in [6.07, 6.45) is 1.66. The van der Waals surface area contributed by atoms with Gasteiger partial charge < -0.3 is 4.57 Å². The van der Waals surface area contributed by atoms with Crippen molar-refractivity contribution in [2.24, 2.45) is 0 Å². The fourth-order valence-corrected chi connectivity index (χ4v) is 4.40. The summed E-state index contributed by atoms with van der Waals surface area (Å²) < 4.78 is 2.16. The second-order valence-electron chi connectivity index (χ2n) is 8.13. The zero-order valence-electron chi connectivity index (χ0n) is 18.8. The smallest absolute Gasteiger partial charge is 0.270 e. The van der Waals surface area contributed by atoms with E-state index in [9.17, 15) is 9.59 Å². The van der Waals surface area contributed by atoms with Crippen molar-refractivity contribution < 1.29 is 9.59 Å². The predicted octanol–water partition coefficient (Wildman–Crippen LogP) is 4.85. The summed E-state index contributed by atoms with van der Waals surface area (Å²) in [6.45, 7) is 10.1. The van der Waals surface area contributed by atoms with E-state index in [1.807, 2.05) is 57.2 Å². The van der Waals surface area contributed by atoms with Gasteiger partial charge in [-0.15, -0.1) is 0 Å². The molecule has 3 aromatic rings. The Kier molecular flexibility index (Phi) is 5.57. The lowest BCUT2D eigenvalue weighted by atomic mass is 10.1. The third kappa shape index (κ3) is 3.56. The van der Waals surface area contributed by atoms with E-state index < -0.39 is 11.8 Å². The van der Waals surface area contributed by atoms with Gasteiger partial charge in [0.2, 0.25) is 0 Å². The van der Waals surface area contributed by atoms with E-state index in [0.717, 1.165) is 28.2 Å². The van der Waals surface area contributed by atoms with Crippen LogP contribution in [0.15, 0.2) is 54.1 Å². The monoisotopic (exact) mass is 443 g/mol. The van der Waals surface area contributed by atoms with Gasteiger partial charge in [0.15, 0.2) is 5.11 Å². The highest BCUT2D eigenvalue weighted by Crippen LogP contribution is 2.28. The summed E-state index contributed by atoms with van der Waals surface area (Å²) in [7, 11) is 0. The van der Waals surface area contributed by atoms with Gasteiger partial charge in [-0.1, -0.05) is 30.3 Å². The lowest BCUT2D eigenvalue weighted by molar-refractivity contribution is -0.122. The van der Waals surface area contributed by atoms with Gasteiger partial charge in [-0.25, -0.2) is 0 Å². The molecule has 6 heteroatoms. The zero-order chi connectivity index (χ0) is 23.2. The molecule has 0 aliphatic carbocycles. The summed E-state index contributed by atoms with van der Waals surface area (Å²) in [6, 6.07) is 15.7. The Morgan fingerprint density at radius 3 is 2.25 bits per heavy atom. The minimum atomic E-state index is -0.485. The molecule has 0 bridgehead atoms. The lowest BCUT2D eigenvalue weighted by Gasteiger charge is -2.30. The Labute approximate surface area is 193 Å². The van der Waals surface area contributed by atoms with Crippen LogP contribution in [0.4, 0.5) is 5.69 Å². The van der Waals surface area contributed by atoms with Crippen LogP contribution in [0.2, 0.25) is 0 Å². The number of aryl methyl sites for hydroxylation is 3. The number of hydrogen-bond donors (Lipinski definition) is 1. The average molecular weight is 444 g/mol. The van der Waals surface area contributed by atoms with Gasteiger partial charge in [0.05, 0.1) is 5.69 Å². The van der Waals surface area contributed by atoms with Crippen molar-refractivity contribution in [2.45, 2.75) is 34.6 Å². The number of benzene rings is 2. The maximum Gasteiger partial charge on any atom is 0.270 e. The first-order valence-corrected chi connectivity index (χ1v) is 10.8. The topological polar surface area (TPSA) is 54.3 Å². The van der Waals surface area contributed by atoms with Gasteiger partial charge in [0.25, 0.3) is 11.8 Å². The molecule has 0 saturated carbocycles. The Balaban J connectivity index is 1.81. The first-order chi connectivity index (χ1) is 15.2. The third-order valence-corrected chi connectivity index (χ3v) is 6.33. The molecule has 2 amide bonds. The van der Waals surface area contributed by atoms with Crippen LogP contribution >= 0.6 is 12.2 Å². The number of carbonyl (C=O) groups excluding carboxylic acids is 2. The maximum atomic E-state index is 13.4. The quantitative estimate of drug-likeness (QED) is 0.358. The molecule has 0 atom stereocenters. The molecule has 4 rings (SSSR count). The molecule has 162 valence electrons. The lowest BCUT2D eigenvalue weighted by Crippen LogP contribution is -2.54. The van der Waals surface area contributed by atoms with Crippen LogP contribution in [0, 0.1) is 34.6 Å². The number of amides is 2. The number of hydrogen-bond acceptors (Lipinski definition) is 3. The Bertz CT molecular complexity index is 1320. The SMILES string of the molecule is Cc1ccccc1N1C(=O)/C(=C/c2cc(C)n(-c3cccc(C)c3C)c2C)C(=O)NC1=S. The van der Waals surface area contributed by atoms with Crippen LogP contribution in [-0.4, -0.2) is 21.5 Å². The van der Waals surface area contributed by atoms with E-state index in [2.05, 4.69) is 35.9 Å². The molecule has 1 fully saturated rings. The second kappa shape index (κ2) is 8.20. The van der Waals surface area contributed by atoms with Gasteiger partial charge >= 0.3 is 0 Å². The van der Waals surface area contributed by atoms with Crippen LogP contribution in [0.1, 0.15) is 33.6 Å². The number of aromatic nitrogens is 1. The third-order valence-electron chi connectivity index (χ3n) is 6.05. The van der Waals surface area contributed by atoms with Gasteiger partial charge in [-0.3, -0.25) is 19.8 Å². The highest BCUT2D eigenvalue weighted by Gasteiger charge is 2.35. The van der Waals surface area contributed by atoms with Gasteiger partial charge in [-0.2, -0.15) is 0 Å². The van der Waals surface area contributed by atoms with Crippen LogP contribution < -0.4 is 10.2 Å². The Morgan fingerprint density at radius 2 is 1.53 bits per heavy atom. The molecule has 5 nitrogen and oxygen atoms in total. The Morgan fingerprint density at radius 1 is 0.875 bits per heavy atom. The molecular weight excluding hydrogens is 418 g/mol. The Hall–Kier alpha value is -3.51. The molecule has 2 aromatic carbocycles. The molecule has 32 heavy (non-hydrogen) atoms. The number of nitrogens with one attached hydrogen (secondary N) is 1. The number of nitrogens with zero attached hydrogens (tertiary/aromatic N) is 2. The highest BCUT2D eigenvalue weighted by molar-refractivity contribution is 7.80. The van der Waals surface area contributed by atoms with Crippen molar-refractivity contribution in [2.75, 3.05) is 4.90 Å². The van der Waals surface area contributed by atoms with E-state index in [1.54, 1.807) is 6.08 Å². The number of rotatable bonds is 3. The number of carbonyl (C=O) groups is 2. The van der Waals surface area contributed by atoms with E-state index >= 15 is 0 Å². The van der Waals surface area contributed by atoms with Gasteiger partial charge in [0, 0.05) is 17.1 Å². The van der Waals surface area contributed by atoms with Crippen molar-refractivity contribution >= 4 is 40.9 Å². The summed E-state index contributed by atoms with van der Waals surface area (Å²) >= 11 is 5.32.